The third-order valence-corrected chi connectivity index (χ3v) is 2.83. The van der Waals surface area contributed by atoms with Gasteiger partial charge in [-0.05, 0) is 11.8 Å². The molecule has 2 aliphatic heterocycles. The smallest absolute Gasteiger partial charge is 0.219 e. The first kappa shape index (κ1) is 7.10. The maximum absolute atomic E-state index is 11.0. The van der Waals surface area contributed by atoms with Gasteiger partial charge in [0.05, 0.1) is 0 Å². The Bertz CT molecular complexity index is 169. The molecule has 1 amide bonds. The van der Waals surface area contributed by atoms with Gasteiger partial charge in [0.2, 0.25) is 5.91 Å². The molecule has 3 nitrogen and oxygen atoms in total. The summed E-state index contributed by atoms with van der Waals surface area (Å²) in [5.41, 5.74) is 0. The highest BCUT2D eigenvalue weighted by Gasteiger charge is 2.36. The highest BCUT2D eigenvalue weighted by Crippen LogP contribution is 2.25. The predicted octanol–water partition coefficient (Wildman–Crippen LogP) is -0.316. The van der Waals surface area contributed by atoms with Crippen molar-refractivity contribution in [1.82, 2.24) is 10.2 Å². The molecule has 0 aromatic rings. The van der Waals surface area contributed by atoms with Crippen LogP contribution in [-0.2, 0) is 4.79 Å². The van der Waals surface area contributed by atoms with Crippen molar-refractivity contribution in [1.29, 1.82) is 0 Å². The van der Waals surface area contributed by atoms with Crippen molar-refractivity contribution in [2.45, 2.75) is 6.92 Å². The molecule has 2 atom stereocenters. The number of carbonyl (C=O) groups is 1. The minimum Gasteiger partial charge on any atom is -0.342 e. The lowest BCUT2D eigenvalue weighted by molar-refractivity contribution is -0.128. The quantitative estimate of drug-likeness (QED) is 0.519. The van der Waals surface area contributed by atoms with Crippen LogP contribution < -0.4 is 5.32 Å². The van der Waals surface area contributed by atoms with Crippen LogP contribution in [0, 0.1) is 11.8 Å². The number of nitrogens with one attached hydrogen (secondary N) is 1. The molecule has 1 N–H and O–H groups in total. The number of hydrogen-bond acceptors (Lipinski definition) is 2. The number of likely N-dealkylation sites (tertiary alicyclic amines) is 1. The monoisotopic (exact) mass is 154 g/mol. The fourth-order valence-corrected chi connectivity index (χ4v) is 2.11. The van der Waals surface area contributed by atoms with E-state index in [1.54, 1.807) is 6.92 Å². The summed E-state index contributed by atoms with van der Waals surface area (Å²) in [7, 11) is 0. The Hall–Kier alpha value is -0.570. The second-order valence-corrected chi connectivity index (χ2v) is 3.60. The van der Waals surface area contributed by atoms with Crippen LogP contribution >= 0.6 is 0 Å². The molecule has 2 fully saturated rings. The van der Waals surface area contributed by atoms with Crippen LogP contribution in [-0.4, -0.2) is 37.0 Å². The molecule has 1 unspecified atom stereocenters. The Labute approximate surface area is 66.8 Å². The summed E-state index contributed by atoms with van der Waals surface area (Å²) in [6.07, 6.45) is 0. The number of nitrogens with zero attached hydrogens (tertiary/aromatic N) is 1. The van der Waals surface area contributed by atoms with E-state index in [0.717, 1.165) is 38.0 Å². The number of hydrogen-bond donors (Lipinski definition) is 1. The van der Waals surface area contributed by atoms with Gasteiger partial charge in [-0.3, -0.25) is 4.79 Å². The minimum atomic E-state index is 0.236. The molecule has 2 saturated heterocycles. The molecule has 2 rings (SSSR count). The Balaban J connectivity index is 1.99. The summed E-state index contributed by atoms with van der Waals surface area (Å²) < 4.78 is 0. The number of rotatable bonds is 0. The molecule has 0 saturated carbocycles. The van der Waals surface area contributed by atoms with Crippen LogP contribution in [0.1, 0.15) is 6.92 Å². The van der Waals surface area contributed by atoms with Crippen molar-refractivity contribution < 1.29 is 4.79 Å². The van der Waals surface area contributed by atoms with Crippen LogP contribution in [0.5, 0.6) is 0 Å². The first-order valence-corrected chi connectivity index (χ1v) is 4.23. The summed E-state index contributed by atoms with van der Waals surface area (Å²) in [6, 6.07) is 0. The molecular weight excluding hydrogens is 140 g/mol. The number of fused-ring (bicyclic) bond motifs is 1. The normalized spacial score (nSPS) is 35.9. The van der Waals surface area contributed by atoms with E-state index >= 15 is 0 Å². The third-order valence-electron chi connectivity index (χ3n) is 2.83. The lowest BCUT2D eigenvalue weighted by Crippen LogP contribution is -2.29. The molecule has 2 heterocycles. The molecule has 0 bridgehead atoms. The SMILES string of the molecule is CC(=O)N1CC2CNC[C@@H]2C1. The van der Waals surface area contributed by atoms with Crippen molar-refractivity contribution in [3.8, 4) is 0 Å². The van der Waals surface area contributed by atoms with Gasteiger partial charge in [-0.15, -0.1) is 0 Å². The van der Waals surface area contributed by atoms with Crippen molar-refractivity contribution >= 4 is 5.91 Å². The molecule has 0 spiro atoms. The molecule has 0 aromatic heterocycles. The molecule has 3 heteroatoms. The van der Waals surface area contributed by atoms with E-state index in [-0.39, 0.29) is 5.91 Å². The molecule has 0 aliphatic carbocycles. The van der Waals surface area contributed by atoms with E-state index in [1.807, 2.05) is 4.90 Å². The number of carbonyl (C=O) groups excluding carboxylic acids is 1. The van der Waals surface area contributed by atoms with Gasteiger partial charge in [0.15, 0.2) is 0 Å². The van der Waals surface area contributed by atoms with E-state index in [2.05, 4.69) is 5.32 Å². The van der Waals surface area contributed by atoms with E-state index in [0.29, 0.717) is 0 Å². The predicted molar refractivity (Wildman–Crippen MR) is 42.1 cm³/mol. The first-order valence-electron chi connectivity index (χ1n) is 4.23. The molecule has 62 valence electrons. The first-order chi connectivity index (χ1) is 5.27. The summed E-state index contributed by atoms with van der Waals surface area (Å²) in [4.78, 5) is 13.0. The Morgan fingerprint density at radius 3 is 2.36 bits per heavy atom. The molecule has 2 aliphatic rings. The van der Waals surface area contributed by atoms with Gasteiger partial charge in [0.1, 0.15) is 0 Å². The third kappa shape index (κ3) is 1.13. The van der Waals surface area contributed by atoms with Crippen LogP contribution in [0.25, 0.3) is 0 Å². The summed E-state index contributed by atoms with van der Waals surface area (Å²) in [6.45, 7) is 5.83. The van der Waals surface area contributed by atoms with Crippen LogP contribution in [0.4, 0.5) is 0 Å². The summed E-state index contributed by atoms with van der Waals surface area (Å²) >= 11 is 0. The van der Waals surface area contributed by atoms with Gasteiger partial charge in [0, 0.05) is 33.1 Å². The standard InChI is InChI=1S/C8H14N2O/c1-6(11)10-4-7-2-9-3-8(7)5-10/h7-9H,2-5H2,1H3/t7-,8?/m1/s1. The molecule has 0 aromatic carbocycles. The van der Waals surface area contributed by atoms with Gasteiger partial charge in [-0.25, -0.2) is 0 Å². The van der Waals surface area contributed by atoms with Gasteiger partial charge in [0.25, 0.3) is 0 Å². The second kappa shape index (κ2) is 2.48. The Morgan fingerprint density at radius 1 is 1.36 bits per heavy atom. The molecule has 0 radical (unpaired) electrons. The van der Waals surface area contributed by atoms with Crippen molar-refractivity contribution in [2.24, 2.45) is 11.8 Å². The van der Waals surface area contributed by atoms with Gasteiger partial charge in [-0.2, -0.15) is 0 Å². The van der Waals surface area contributed by atoms with Gasteiger partial charge in [-0.1, -0.05) is 0 Å². The second-order valence-electron chi connectivity index (χ2n) is 3.60. The van der Waals surface area contributed by atoms with E-state index in [9.17, 15) is 4.79 Å². The van der Waals surface area contributed by atoms with Crippen molar-refractivity contribution in [3.63, 3.8) is 0 Å². The number of amides is 1. The topological polar surface area (TPSA) is 32.3 Å². The van der Waals surface area contributed by atoms with Gasteiger partial charge < -0.3 is 10.2 Å². The maximum Gasteiger partial charge on any atom is 0.219 e. The Morgan fingerprint density at radius 2 is 1.91 bits per heavy atom. The average molecular weight is 154 g/mol. The summed E-state index contributed by atoms with van der Waals surface area (Å²) in [5, 5.41) is 3.35. The fourth-order valence-electron chi connectivity index (χ4n) is 2.11. The lowest BCUT2D eigenvalue weighted by atomic mass is 10.0. The highest BCUT2D eigenvalue weighted by molar-refractivity contribution is 5.73. The van der Waals surface area contributed by atoms with Crippen molar-refractivity contribution in [2.75, 3.05) is 26.2 Å². The minimum absolute atomic E-state index is 0.236. The molecular formula is C8H14N2O. The Kier molecular flexibility index (Phi) is 1.60. The highest BCUT2D eigenvalue weighted by atomic mass is 16.2. The van der Waals surface area contributed by atoms with Crippen LogP contribution in [0.2, 0.25) is 0 Å². The van der Waals surface area contributed by atoms with Crippen LogP contribution in [0.15, 0.2) is 0 Å². The van der Waals surface area contributed by atoms with Crippen LogP contribution in [0.3, 0.4) is 0 Å². The van der Waals surface area contributed by atoms with E-state index in [1.165, 1.54) is 0 Å². The lowest BCUT2D eigenvalue weighted by Gasteiger charge is -2.13. The van der Waals surface area contributed by atoms with Gasteiger partial charge >= 0.3 is 0 Å². The van der Waals surface area contributed by atoms with E-state index < -0.39 is 0 Å². The zero-order chi connectivity index (χ0) is 7.84. The molecule has 11 heavy (non-hydrogen) atoms. The zero-order valence-corrected chi connectivity index (χ0v) is 6.84. The average Bonchev–Trinajstić information content (AvgIpc) is 2.40. The van der Waals surface area contributed by atoms with E-state index in [4.69, 9.17) is 0 Å². The van der Waals surface area contributed by atoms with Crippen molar-refractivity contribution in [3.05, 3.63) is 0 Å². The fraction of sp³-hybridized carbons (Fsp3) is 0.875. The largest absolute Gasteiger partial charge is 0.342 e. The summed E-state index contributed by atoms with van der Waals surface area (Å²) in [5.74, 6) is 1.71. The zero-order valence-electron chi connectivity index (χ0n) is 6.84. The maximum atomic E-state index is 11.0.